The maximum absolute atomic E-state index is 12.6. The summed E-state index contributed by atoms with van der Waals surface area (Å²) in [6.07, 6.45) is 1.86. The van der Waals surface area contributed by atoms with Gasteiger partial charge in [-0.3, -0.25) is 4.79 Å². The summed E-state index contributed by atoms with van der Waals surface area (Å²) >= 11 is 6.01. The van der Waals surface area contributed by atoms with Crippen LogP contribution in [0, 0.1) is 5.92 Å². The Morgan fingerprint density at radius 2 is 2.35 bits per heavy atom. The van der Waals surface area contributed by atoms with Crippen LogP contribution < -0.4 is 10.5 Å². The fourth-order valence-corrected chi connectivity index (χ4v) is 2.56. The number of nitrogens with two attached hydrogens (primary N) is 1. The predicted molar refractivity (Wildman–Crippen MR) is 80.3 cm³/mol. The fraction of sp³-hybridized carbons (Fsp3) is 0.533. The van der Waals surface area contributed by atoms with E-state index in [0.29, 0.717) is 35.4 Å². The lowest BCUT2D eigenvalue weighted by Gasteiger charge is -2.18. The van der Waals surface area contributed by atoms with E-state index in [2.05, 4.69) is 0 Å². The molecule has 0 bridgehead atoms. The van der Waals surface area contributed by atoms with E-state index in [4.69, 9.17) is 22.1 Å². The lowest BCUT2D eigenvalue weighted by Crippen LogP contribution is -2.30. The van der Waals surface area contributed by atoms with Crippen LogP contribution in [0.4, 0.5) is 0 Å². The third-order valence-corrected chi connectivity index (χ3v) is 3.78. The summed E-state index contributed by atoms with van der Waals surface area (Å²) in [7, 11) is 0. The Balaban J connectivity index is 2.17. The third-order valence-electron chi connectivity index (χ3n) is 3.54. The minimum Gasteiger partial charge on any atom is -0.493 e. The van der Waals surface area contributed by atoms with Gasteiger partial charge in [-0.1, -0.05) is 18.5 Å². The van der Waals surface area contributed by atoms with Crippen LogP contribution in [0.2, 0.25) is 5.02 Å². The summed E-state index contributed by atoms with van der Waals surface area (Å²) in [5, 5.41) is 0.548. The van der Waals surface area contributed by atoms with E-state index in [1.165, 1.54) is 0 Å². The van der Waals surface area contributed by atoms with Gasteiger partial charge in [0, 0.05) is 18.1 Å². The van der Waals surface area contributed by atoms with Gasteiger partial charge in [0.1, 0.15) is 5.75 Å². The van der Waals surface area contributed by atoms with Crippen molar-refractivity contribution in [2.75, 3.05) is 26.2 Å². The Bertz CT molecular complexity index is 479. The van der Waals surface area contributed by atoms with E-state index in [1.807, 2.05) is 11.8 Å². The summed E-state index contributed by atoms with van der Waals surface area (Å²) in [6, 6.07) is 5.20. The van der Waals surface area contributed by atoms with Crippen LogP contribution in [0.15, 0.2) is 18.2 Å². The molecule has 1 aliphatic rings. The smallest absolute Gasteiger partial charge is 0.257 e. The van der Waals surface area contributed by atoms with Crippen molar-refractivity contribution < 1.29 is 9.53 Å². The van der Waals surface area contributed by atoms with Crippen molar-refractivity contribution >= 4 is 17.5 Å². The highest BCUT2D eigenvalue weighted by Gasteiger charge is 2.27. The lowest BCUT2D eigenvalue weighted by molar-refractivity contribution is 0.0783. The van der Waals surface area contributed by atoms with Crippen molar-refractivity contribution in [3.05, 3.63) is 28.8 Å². The lowest BCUT2D eigenvalue weighted by atomic mass is 10.1. The van der Waals surface area contributed by atoms with Crippen LogP contribution in [0.25, 0.3) is 0 Å². The maximum atomic E-state index is 12.6. The van der Waals surface area contributed by atoms with Gasteiger partial charge in [-0.05, 0) is 43.5 Å². The van der Waals surface area contributed by atoms with Crippen LogP contribution in [0.3, 0.4) is 0 Å². The first kappa shape index (κ1) is 15.1. The average Bonchev–Trinajstić information content (AvgIpc) is 2.94. The molecule has 1 amide bonds. The summed E-state index contributed by atoms with van der Waals surface area (Å²) in [5.74, 6) is 0.991. The minimum atomic E-state index is -0.0189. The molecule has 1 heterocycles. The number of carbonyl (C=O) groups is 1. The number of amides is 1. The van der Waals surface area contributed by atoms with E-state index in [1.54, 1.807) is 18.2 Å². The van der Waals surface area contributed by atoms with Crippen LogP contribution >= 0.6 is 11.6 Å². The Hall–Kier alpha value is -1.26. The van der Waals surface area contributed by atoms with Gasteiger partial charge < -0.3 is 15.4 Å². The molecule has 0 spiro atoms. The Labute approximate surface area is 124 Å². The molecule has 1 aromatic carbocycles. The zero-order valence-corrected chi connectivity index (χ0v) is 12.5. The van der Waals surface area contributed by atoms with Gasteiger partial charge in [-0.2, -0.15) is 0 Å². The van der Waals surface area contributed by atoms with Gasteiger partial charge in [0.05, 0.1) is 12.2 Å². The van der Waals surface area contributed by atoms with Crippen molar-refractivity contribution in [2.45, 2.75) is 19.8 Å². The quantitative estimate of drug-likeness (QED) is 0.908. The molecule has 0 aromatic heterocycles. The van der Waals surface area contributed by atoms with E-state index < -0.39 is 0 Å². The molecule has 1 aliphatic heterocycles. The number of halogens is 1. The molecular formula is C15H21ClN2O2. The molecule has 0 radical (unpaired) electrons. The van der Waals surface area contributed by atoms with Gasteiger partial charge in [-0.25, -0.2) is 0 Å². The number of carbonyl (C=O) groups excluding carboxylic acids is 1. The van der Waals surface area contributed by atoms with Gasteiger partial charge in [0.2, 0.25) is 0 Å². The molecular weight excluding hydrogens is 276 g/mol. The highest BCUT2D eigenvalue weighted by Crippen LogP contribution is 2.27. The second-order valence-corrected chi connectivity index (χ2v) is 5.57. The number of benzene rings is 1. The second-order valence-electron chi connectivity index (χ2n) is 5.13. The molecule has 1 fully saturated rings. The number of ether oxygens (including phenoxy) is 1. The Kier molecular flexibility index (Phi) is 5.26. The summed E-state index contributed by atoms with van der Waals surface area (Å²) < 4.78 is 5.64. The summed E-state index contributed by atoms with van der Waals surface area (Å²) in [6.45, 7) is 4.71. The van der Waals surface area contributed by atoms with Crippen molar-refractivity contribution in [1.29, 1.82) is 0 Å². The second kappa shape index (κ2) is 6.95. The van der Waals surface area contributed by atoms with Crippen LogP contribution in [-0.4, -0.2) is 37.0 Å². The molecule has 110 valence electrons. The zero-order valence-electron chi connectivity index (χ0n) is 11.8. The Morgan fingerprint density at radius 3 is 3.00 bits per heavy atom. The highest BCUT2D eigenvalue weighted by molar-refractivity contribution is 6.31. The molecule has 2 N–H and O–H groups in total. The predicted octanol–water partition coefficient (Wildman–Crippen LogP) is 2.55. The van der Waals surface area contributed by atoms with Crippen molar-refractivity contribution in [1.82, 2.24) is 4.90 Å². The Morgan fingerprint density at radius 1 is 1.55 bits per heavy atom. The van der Waals surface area contributed by atoms with Crippen LogP contribution in [0.5, 0.6) is 5.75 Å². The molecule has 5 heteroatoms. The number of hydrogen-bond donors (Lipinski definition) is 1. The number of likely N-dealkylation sites (tertiary alicyclic amines) is 1. The van der Waals surface area contributed by atoms with Gasteiger partial charge in [-0.15, -0.1) is 0 Å². The van der Waals surface area contributed by atoms with E-state index >= 15 is 0 Å². The molecule has 2 rings (SSSR count). The van der Waals surface area contributed by atoms with Crippen molar-refractivity contribution in [3.8, 4) is 5.75 Å². The highest BCUT2D eigenvalue weighted by atomic mass is 35.5. The molecule has 0 unspecified atom stereocenters. The molecule has 20 heavy (non-hydrogen) atoms. The molecule has 1 saturated heterocycles. The zero-order chi connectivity index (χ0) is 14.5. The van der Waals surface area contributed by atoms with E-state index in [9.17, 15) is 4.79 Å². The van der Waals surface area contributed by atoms with Crippen molar-refractivity contribution in [2.24, 2.45) is 11.7 Å². The van der Waals surface area contributed by atoms with Crippen molar-refractivity contribution in [3.63, 3.8) is 0 Å². The summed E-state index contributed by atoms with van der Waals surface area (Å²) in [4.78, 5) is 14.4. The molecule has 0 aliphatic carbocycles. The van der Waals surface area contributed by atoms with E-state index in [0.717, 1.165) is 25.9 Å². The first-order valence-corrected chi connectivity index (χ1v) is 7.45. The first-order chi connectivity index (χ1) is 9.65. The molecule has 0 saturated carbocycles. The third kappa shape index (κ3) is 3.44. The van der Waals surface area contributed by atoms with Crippen LogP contribution in [-0.2, 0) is 0 Å². The largest absolute Gasteiger partial charge is 0.493 e. The van der Waals surface area contributed by atoms with Gasteiger partial charge in [0.15, 0.2) is 0 Å². The standard InChI is InChI=1S/C15H21ClN2O2/c1-2-7-20-14-4-3-12(16)8-13(14)15(19)18-6-5-11(9-17)10-18/h3-4,8,11H,2,5-7,9-10,17H2,1H3/t11-/m1/s1. The van der Waals surface area contributed by atoms with Gasteiger partial charge >= 0.3 is 0 Å². The normalized spacial score (nSPS) is 18.4. The van der Waals surface area contributed by atoms with E-state index in [-0.39, 0.29) is 5.91 Å². The topological polar surface area (TPSA) is 55.6 Å². The number of hydrogen-bond acceptors (Lipinski definition) is 3. The minimum absolute atomic E-state index is 0.0189. The number of rotatable bonds is 5. The monoisotopic (exact) mass is 296 g/mol. The molecule has 1 atom stereocenters. The van der Waals surface area contributed by atoms with Gasteiger partial charge in [0.25, 0.3) is 5.91 Å². The maximum Gasteiger partial charge on any atom is 0.257 e. The number of nitrogens with zero attached hydrogens (tertiary/aromatic N) is 1. The molecule has 1 aromatic rings. The fourth-order valence-electron chi connectivity index (χ4n) is 2.39. The summed E-state index contributed by atoms with van der Waals surface area (Å²) in [5.41, 5.74) is 6.22. The van der Waals surface area contributed by atoms with Crippen LogP contribution in [0.1, 0.15) is 30.1 Å². The first-order valence-electron chi connectivity index (χ1n) is 7.07. The molecule has 4 nitrogen and oxygen atoms in total. The average molecular weight is 297 g/mol. The SMILES string of the molecule is CCCOc1ccc(Cl)cc1C(=O)N1CC[C@H](CN)C1.